The maximum absolute atomic E-state index is 12.1. The average Bonchev–Trinajstić information content (AvgIpc) is 2.87. The minimum atomic E-state index is -0.873. The Hall–Kier alpha value is -2.70. The molecule has 0 bridgehead atoms. The second-order valence-corrected chi connectivity index (χ2v) is 4.63. The molecule has 1 amide bonds. The van der Waals surface area contributed by atoms with Crippen molar-refractivity contribution in [2.45, 2.75) is 0 Å². The topological polar surface area (TPSA) is 88.3 Å². The normalized spacial score (nSPS) is 14.9. The van der Waals surface area contributed by atoms with Crippen LogP contribution < -0.4 is 0 Å². The average molecular weight is 272 g/mol. The fourth-order valence-electron chi connectivity index (χ4n) is 2.03. The molecule has 20 heavy (non-hydrogen) atoms. The Morgan fingerprint density at radius 1 is 1.20 bits per heavy atom. The van der Waals surface area contributed by atoms with E-state index in [2.05, 4.69) is 10.3 Å². The first kappa shape index (κ1) is 12.3. The zero-order valence-corrected chi connectivity index (χ0v) is 10.5. The Morgan fingerprint density at radius 2 is 1.90 bits per heavy atom. The largest absolute Gasteiger partial charge is 0.481 e. The molecule has 1 aromatic heterocycles. The van der Waals surface area contributed by atoms with Crippen LogP contribution in [0.1, 0.15) is 10.5 Å². The molecule has 0 radical (unpaired) electrons. The van der Waals surface area contributed by atoms with Gasteiger partial charge >= 0.3 is 5.97 Å². The van der Waals surface area contributed by atoms with Crippen LogP contribution in [0.4, 0.5) is 0 Å². The second kappa shape index (κ2) is 4.76. The van der Waals surface area contributed by atoms with E-state index in [1.165, 1.54) is 9.58 Å². The highest BCUT2D eigenvalue weighted by molar-refractivity contribution is 5.93. The van der Waals surface area contributed by atoms with E-state index in [0.29, 0.717) is 0 Å². The number of nitrogens with zero attached hydrogens (tertiary/aromatic N) is 4. The monoisotopic (exact) mass is 272 g/mol. The Labute approximate surface area is 114 Å². The van der Waals surface area contributed by atoms with E-state index in [-0.39, 0.29) is 24.7 Å². The van der Waals surface area contributed by atoms with Gasteiger partial charge in [0.1, 0.15) is 0 Å². The van der Waals surface area contributed by atoms with Gasteiger partial charge in [-0.05, 0) is 12.1 Å². The molecule has 102 valence electrons. The lowest BCUT2D eigenvalue weighted by molar-refractivity contribution is -0.146. The lowest BCUT2D eigenvalue weighted by atomic mass is 10.0. The maximum Gasteiger partial charge on any atom is 0.310 e. The highest BCUT2D eigenvalue weighted by Crippen LogP contribution is 2.18. The third kappa shape index (κ3) is 2.13. The van der Waals surface area contributed by atoms with Crippen molar-refractivity contribution in [1.29, 1.82) is 0 Å². The van der Waals surface area contributed by atoms with Gasteiger partial charge in [0.05, 0.1) is 17.8 Å². The van der Waals surface area contributed by atoms with Gasteiger partial charge in [0.25, 0.3) is 5.91 Å². The molecule has 3 rings (SSSR count). The highest BCUT2D eigenvalue weighted by Gasteiger charge is 2.36. The molecule has 7 heteroatoms. The van der Waals surface area contributed by atoms with Crippen LogP contribution in [-0.2, 0) is 4.79 Å². The van der Waals surface area contributed by atoms with Crippen molar-refractivity contribution in [1.82, 2.24) is 19.9 Å². The molecular weight excluding hydrogens is 260 g/mol. The molecule has 1 aliphatic rings. The summed E-state index contributed by atoms with van der Waals surface area (Å²) in [5.74, 6) is -1.63. The number of aromatic nitrogens is 3. The zero-order valence-electron chi connectivity index (χ0n) is 10.5. The molecule has 0 saturated carbocycles. The molecule has 2 heterocycles. The summed E-state index contributed by atoms with van der Waals surface area (Å²) in [6, 6.07) is 9.33. The first-order valence-electron chi connectivity index (χ1n) is 6.15. The number of carbonyl (C=O) groups excluding carboxylic acids is 1. The number of carboxylic acid groups (broad SMARTS) is 1. The molecule has 1 saturated heterocycles. The number of hydrogen-bond donors (Lipinski definition) is 1. The van der Waals surface area contributed by atoms with Crippen molar-refractivity contribution in [3.05, 3.63) is 42.2 Å². The minimum Gasteiger partial charge on any atom is -0.481 e. The molecule has 7 nitrogen and oxygen atoms in total. The highest BCUT2D eigenvalue weighted by atomic mass is 16.4. The van der Waals surface area contributed by atoms with Gasteiger partial charge in [0, 0.05) is 13.1 Å². The molecule has 2 aromatic rings. The van der Waals surface area contributed by atoms with Gasteiger partial charge in [0.15, 0.2) is 5.69 Å². The van der Waals surface area contributed by atoms with E-state index in [9.17, 15) is 9.59 Å². The molecule has 0 aliphatic carbocycles. The number of benzene rings is 1. The third-order valence-corrected chi connectivity index (χ3v) is 3.25. The summed E-state index contributed by atoms with van der Waals surface area (Å²) in [5.41, 5.74) is 1.03. The van der Waals surface area contributed by atoms with E-state index in [4.69, 9.17) is 5.11 Å². The number of likely N-dealkylation sites (tertiary alicyclic amines) is 1. The van der Waals surface area contributed by atoms with E-state index >= 15 is 0 Å². The van der Waals surface area contributed by atoms with Crippen molar-refractivity contribution in [3.8, 4) is 5.69 Å². The van der Waals surface area contributed by atoms with Crippen molar-refractivity contribution in [3.63, 3.8) is 0 Å². The van der Waals surface area contributed by atoms with Crippen molar-refractivity contribution >= 4 is 11.9 Å². The zero-order chi connectivity index (χ0) is 14.1. The summed E-state index contributed by atoms with van der Waals surface area (Å²) in [6.07, 6.45) is 1.55. The number of para-hydroxylation sites is 1. The molecule has 1 N–H and O–H groups in total. The van der Waals surface area contributed by atoms with Crippen LogP contribution >= 0.6 is 0 Å². The number of aliphatic carboxylic acids is 1. The number of carbonyl (C=O) groups is 2. The summed E-state index contributed by atoms with van der Waals surface area (Å²) in [4.78, 5) is 24.2. The maximum atomic E-state index is 12.1. The van der Waals surface area contributed by atoms with Crippen LogP contribution in [0, 0.1) is 5.92 Å². The fraction of sp³-hybridized carbons (Fsp3) is 0.231. The van der Waals surface area contributed by atoms with Crippen LogP contribution in [0.3, 0.4) is 0 Å². The van der Waals surface area contributed by atoms with E-state index < -0.39 is 11.9 Å². The molecule has 1 fully saturated rings. The van der Waals surface area contributed by atoms with Gasteiger partial charge in [-0.2, -0.15) is 0 Å². The van der Waals surface area contributed by atoms with Crippen LogP contribution in [0.2, 0.25) is 0 Å². The Bertz CT molecular complexity index is 647. The molecular formula is C13H12N4O3. The minimum absolute atomic E-state index is 0.220. The van der Waals surface area contributed by atoms with Crippen molar-refractivity contribution < 1.29 is 14.7 Å². The standard InChI is InChI=1S/C13H12N4O3/c18-12(16-6-9(7-16)13(19)20)11-8-17(15-14-11)10-4-2-1-3-5-10/h1-5,8-9H,6-7H2,(H,19,20). The fourth-order valence-corrected chi connectivity index (χ4v) is 2.03. The Balaban J connectivity index is 1.72. The summed E-state index contributed by atoms with van der Waals surface area (Å²) >= 11 is 0. The number of hydrogen-bond acceptors (Lipinski definition) is 4. The van der Waals surface area contributed by atoms with Gasteiger partial charge in [-0.25, -0.2) is 4.68 Å². The second-order valence-electron chi connectivity index (χ2n) is 4.63. The van der Waals surface area contributed by atoms with Crippen molar-refractivity contribution in [2.24, 2.45) is 5.92 Å². The molecule has 0 spiro atoms. The quantitative estimate of drug-likeness (QED) is 0.875. The molecule has 1 aliphatic heterocycles. The number of carboxylic acids is 1. The third-order valence-electron chi connectivity index (χ3n) is 3.25. The first-order valence-corrected chi connectivity index (χ1v) is 6.15. The number of rotatable bonds is 3. The summed E-state index contributed by atoms with van der Waals surface area (Å²) in [7, 11) is 0. The number of amides is 1. The van der Waals surface area contributed by atoms with Gasteiger partial charge in [-0.3, -0.25) is 9.59 Å². The summed E-state index contributed by atoms with van der Waals surface area (Å²) in [5, 5.41) is 16.5. The van der Waals surface area contributed by atoms with Gasteiger partial charge in [0.2, 0.25) is 0 Å². The smallest absolute Gasteiger partial charge is 0.310 e. The van der Waals surface area contributed by atoms with Gasteiger partial charge in [-0.1, -0.05) is 23.4 Å². The van der Waals surface area contributed by atoms with Gasteiger partial charge in [-0.15, -0.1) is 5.10 Å². The van der Waals surface area contributed by atoms with Crippen LogP contribution in [0.25, 0.3) is 5.69 Å². The van der Waals surface area contributed by atoms with Crippen LogP contribution in [0.5, 0.6) is 0 Å². The van der Waals surface area contributed by atoms with E-state index in [1.54, 1.807) is 6.20 Å². The van der Waals surface area contributed by atoms with Gasteiger partial charge < -0.3 is 10.0 Å². The van der Waals surface area contributed by atoms with Crippen LogP contribution in [0.15, 0.2) is 36.5 Å². The molecule has 0 unspecified atom stereocenters. The van der Waals surface area contributed by atoms with Crippen LogP contribution in [-0.4, -0.2) is 50.0 Å². The molecule has 1 aromatic carbocycles. The van der Waals surface area contributed by atoms with Crippen molar-refractivity contribution in [2.75, 3.05) is 13.1 Å². The predicted molar refractivity (Wildman–Crippen MR) is 68.4 cm³/mol. The Kier molecular flexibility index (Phi) is 2.94. The van der Waals surface area contributed by atoms with E-state index in [1.807, 2.05) is 30.3 Å². The molecule has 0 atom stereocenters. The summed E-state index contributed by atoms with van der Waals surface area (Å²) in [6.45, 7) is 0.457. The lowest BCUT2D eigenvalue weighted by Gasteiger charge is -2.35. The summed E-state index contributed by atoms with van der Waals surface area (Å²) < 4.78 is 1.52. The predicted octanol–water partition coefficient (Wildman–Crippen LogP) is 0.424. The SMILES string of the molecule is O=C(O)C1CN(C(=O)c2cn(-c3ccccc3)nn2)C1. The first-order chi connectivity index (χ1) is 9.65. The Morgan fingerprint density at radius 3 is 2.55 bits per heavy atom. The lowest BCUT2D eigenvalue weighted by Crippen LogP contribution is -2.53. The van der Waals surface area contributed by atoms with E-state index in [0.717, 1.165) is 5.69 Å².